The van der Waals surface area contributed by atoms with Crippen LogP contribution in [0.25, 0.3) is 6.08 Å². The van der Waals surface area contributed by atoms with Crippen molar-refractivity contribution in [2.24, 2.45) is 5.92 Å². The van der Waals surface area contributed by atoms with Gasteiger partial charge >= 0.3 is 6.09 Å². The molecule has 118 valence electrons. The molecular formula is C18H24N2O2. The van der Waals surface area contributed by atoms with E-state index in [9.17, 15) is 4.79 Å². The van der Waals surface area contributed by atoms with E-state index in [1.165, 1.54) is 17.6 Å². The Morgan fingerprint density at radius 1 is 1.23 bits per heavy atom. The minimum absolute atomic E-state index is 0.137. The lowest BCUT2D eigenvalue weighted by atomic mass is 9.86. The highest BCUT2D eigenvalue weighted by Crippen LogP contribution is 2.41. The quantitative estimate of drug-likeness (QED) is 0.755. The molecule has 2 unspecified atom stereocenters. The molecule has 2 atom stereocenters. The van der Waals surface area contributed by atoms with Crippen LogP contribution in [0.3, 0.4) is 0 Å². The van der Waals surface area contributed by atoms with E-state index >= 15 is 0 Å². The number of nitrogens with one attached hydrogen (secondary N) is 2. The van der Waals surface area contributed by atoms with Crippen molar-refractivity contribution in [2.75, 3.05) is 0 Å². The number of amides is 1. The first-order valence-corrected chi connectivity index (χ1v) is 8.16. The van der Waals surface area contributed by atoms with Gasteiger partial charge in [-0.25, -0.2) is 4.79 Å². The molecule has 1 amide bonds. The molecule has 0 radical (unpaired) electrons. The van der Waals surface area contributed by atoms with Gasteiger partial charge in [0.05, 0.1) is 0 Å². The normalized spacial score (nSPS) is 30.5. The number of hydrogen-bond acceptors (Lipinski definition) is 2. The number of benzene rings is 1. The molecule has 22 heavy (non-hydrogen) atoms. The van der Waals surface area contributed by atoms with Crippen molar-refractivity contribution in [3.8, 4) is 0 Å². The fraction of sp³-hybridized carbons (Fsp3) is 0.500. The second-order valence-corrected chi connectivity index (χ2v) is 6.41. The summed E-state index contributed by atoms with van der Waals surface area (Å²) in [5.41, 5.74) is 2.79. The van der Waals surface area contributed by atoms with E-state index in [0.717, 1.165) is 19.3 Å². The van der Waals surface area contributed by atoms with Crippen LogP contribution in [0.4, 0.5) is 4.79 Å². The predicted octanol–water partition coefficient (Wildman–Crippen LogP) is 3.26. The first-order valence-electron chi connectivity index (χ1n) is 8.16. The largest absolute Gasteiger partial charge is 0.465 e. The Morgan fingerprint density at radius 2 is 1.95 bits per heavy atom. The SMILES string of the molecule is CCC(=Cc1ccccc1)C1CC1NC1CC(NC(=O)O)C1. The molecule has 0 aromatic heterocycles. The standard InChI is InChI=1S/C18H24N2O2/c1-2-13(8-12-6-4-3-5-7-12)16-11-17(16)19-14-9-15(10-14)20-18(21)22/h3-8,14-17,19-20H,2,9-11H2,1H3,(H,21,22). The number of rotatable bonds is 6. The summed E-state index contributed by atoms with van der Waals surface area (Å²) in [5, 5.41) is 14.9. The topological polar surface area (TPSA) is 61.4 Å². The molecule has 0 bridgehead atoms. The highest BCUT2D eigenvalue weighted by molar-refractivity contribution is 5.65. The summed E-state index contributed by atoms with van der Waals surface area (Å²) < 4.78 is 0. The van der Waals surface area contributed by atoms with Crippen molar-refractivity contribution >= 4 is 12.2 Å². The molecule has 0 spiro atoms. The van der Waals surface area contributed by atoms with Gasteiger partial charge in [-0.05, 0) is 37.2 Å². The molecule has 4 heteroatoms. The van der Waals surface area contributed by atoms with Crippen LogP contribution in [0.5, 0.6) is 0 Å². The van der Waals surface area contributed by atoms with E-state index in [-0.39, 0.29) is 6.04 Å². The van der Waals surface area contributed by atoms with Crippen LogP contribution in [0.2, 0.25) is 0 Å². The third-order valence-corrected chi connectivity index (χ3v) is 4.74. The van der Waals surface area contributed by atoms with Crippen molar-refractivity contribution in [1.29, 1.82) is 0 Å². The van der Waals surface area contributed by atoms with Gasteiger partial charge in [-0.1, -0.05) is 48.9 Å². The van der Waals surface area contributed by atoms with E-state index in [2.05, 4.69) is 47.9 Å². The van der Waals surface area contributed by atoms with E-state index in [0.29, 0.717) is 18.0 Å². The molecule has 2 aliphatic carbocycles. The van der Waals surface area contributed by atoms with E-state index < -0.39 is 6.09 Å². The van der Waals surface area contributed by atoms with Crippen LogP contribution in [-0.4, -0.2) is 29.3 Å². The summed E-state index contributed by atoms with van der Waals surface area (Å²) in [7, 11) is 0. The summed E-state index contributed by atoms with van der Waals surface area (Å²) in [4.78, 5) is 10.6. The molecule has 4 nitrogen and oxygen atoms in total. The van der Waals surface area contributed by atoms with Gasteiger partial charge in [0.25, 0.3) is 0 Å². The Kier molecular flexibility index (Phi) is 4.48. The Labute approximate surface area is 131 Å². The highest BCUT2D eigenvalue weighted by Gasteiger charge is 2.42. The second kappa shape index (κ2) is 6.53. The van der Waals surface area contributed by atoms with Gasteiger partial charge in [-0.15, -0.1) is 0 Å². The van der Waals surface area contributed by atoms with Gasteiger partial charge in [-0.2, -0.15) is 0 Å². The molecule has 0 heterocycles. The van der Waals surface area contributed by atoms with Crippen LogP contribution in [-0.2, 0) is 0 Å². The summed E-state index contributed by atoms with van der Waals surface area (Å²) in [6.07, 6.45) is 5.54. The zero-order valence-corrected chi connectivity index (χ0v) is 13.0. The molecule has 0 saturated heterocycles. The zero-order valence-electron chi connectivity index (χ0n) is 13.0. The van der Waals surface area contributed by atoms with Crippen molar-refractivity contribution in [3.63, 3.8) is 0 Å². The van der Waals surface area contributed by atoms with Crippen molar-refractivity contribution in [1.82, 2.24) is 10.6 Å². The highest BCUT2D eigenvalue weighted by atomic mass is 16.4. The van der Waals surface area contributed by atoms with Crippen molar-refractivity contribution < 1.29 is 9.90 Å². The molecule has 2 saturated carbocycles. The zero-order chi connectivity index (χ0) is 15.5. The average Bonchev–Trinajstić information content (AvgIpc) is 3.22. The Hall–Kier alpha value is -1.81. The fourth-order valence-electron chi connectivity index (χ4n) is 3.37. The first kappa shape index (κ1) is 15.1. The van der Waals surface area contributed by atoms with Crippen LogP contribution in [0.1, 0.15) is 38.2 Å². The van der Waals surface area contributed by atoms with Crippen molar-refractivity contribution in [2.45, 2.75) is 50.7 Å². The maximum atomic E-state index is 10.6. The van der Waals surface area contributed by atoms with Crippen molar-refractivity contribution in [3.05, 3.63) is 41.5 Å². The number of carbonyl (C=O) groups is 1. The minimum Gasteiger partial charge on any atom is -0.465 e. The van der Waals surface area contributed by atoms with E-state index in [1.807, 2.05) is 6.07 Å². The Balaban J connectivity index is 1.47. The average molecular weight is 300 g/mol. The number of hydrogen-bond donors (Lipinski definition) is 3. The molecule has 3 N–H and O–H groups in total. The summed E-state index contributed by atoms with van der Waals surface area (Å²) in [5.74, 6) is 0.650. The Bertz CT molecular complexity index is 549. The summed E-state index contributed by atoms with van der Waals surface area (Å²) in [6, 6.07) is 11.7. The van der Waals surface area contributed by atoms with Gasteiger partial charge in [0, 0.05) is 18.1 Å². The van der Waals surface area contributed by atoms with E-state index in [4.69, 9.17) is 5.11 Å². The third kappa shape index (κ3) is 3.69. The lowest BCUT2D eigenvalue weighted by Crippen LogP contribution is -2.52. The monoisotopic (exact) mass is 300 g/mol. The molecule has 2 aliphatic rings. The molecule has 0 aliphatic heterocycles. The van der Waals surface area contributed by atoms with Crippen LogP contribution < -0.4 is 10.6 Å². The maximum Gasteiger partial charge on any atom is 0.404 e. The Morgan fingerprint density at radius 3 is 2.59 bits per heavy atom. The second-order valence-electron chi connectivity index (χ2n) is 6.41. The number of carboxylic acid groups (broad SMARTS) is 1. The molecule has 1 aromatic carbocycles. The maximum absolute atomic E-state index is 10.6. The van der Waals surface area contributed by atoms with Gasteiger partial charge in [0.2, 0.25) is 0 Å². The molecule has 1 aromatic rings. The lowest BCUT2D eigenvalue weighted by Gasteiger charge is -2.36. The molecular weight excluding hydrogens is 276 g/mol. The lowest BCUT2D eigenvalue weighted by molar-refractivity contribution is 0.172. The fourth-order valence-corrected chi connectivity index (χ4v) is 3.37. The van der Waals surface area contributed by atoms with Crippen LogP contribution in [0, 0.1) is 5.92 Å². The van der Waals surface area contributed by atoms with Crippen LogP contribution >= 0.6 is 0 Å². The van der Waals surface area contributed by atoms with Gasteiger partial charge < -0.3 is 15.7 Å². The molecule has 2 fully saturated rings. The molecule has 3 rings (SSSR count). The van der Waals surface area contributed by atoms with Gasteiger partial charge in [0.15, 0.2) is 0 Å². The third-order valence-electron chi connectivity index (χ3n) is 4.74. The predicted molar refractivity (Wildman–Crippen MR) is 87.7 cm³/mol. The van der Waals surface area contributed by atoms with Crippen LogP contribution in [0.15, 0.2) is 35.9 Å². The van der Waals surface area contributed by atoms with Gasteiger partial charge in [0.1, 0.15) is 0 Å². The minimum atomic E-state index is -0.910. The van der Waals surface area contributed by atoms with E-state index in [1.54, 1.807) is 0 Å². The smallest absolute Gasteiger partial charge is 0.404 e. The first-order chi connectivity index (χ1) is 10.7. The summed E-state index contributed by atoms with van der Waals surface area (Å²) >= 11 is 0. The van der Waals surface area contributed by atoms with Gasteiger partial charge in [-0.3, -0.25) is 0 Å². The summed E-state index contributed by atoms with van der Waals surface area (Å²) in [6.45, 7) is 2.22.